The minimum atomic E-state index is -0.531. The second kappa shape index (κ2) is 9.71. The van der Waals surface area contributed by atoms with E-state index in [1.165, 1.54) is 17.7 Å². The number of benzene rings is 2. The minimum Gasteiger partial charge on any atom is -0.487 e. The second-order valence-electron chi connectivity index (χ2n) is 7.02. The molecule has 3 rings (SSSR count). The highest BCUT2D eigenvalue weighted by Gasteiger charge is 2.23. The van der Waals surface area contributed by atoms with Gasteiger partial charge in [0, 0.05) is 42.3 Å². The molecule has 29 heavy (non-hydrogen) atoms. The molecule has 8 heteroatoms. The van der Waals surface area contributed by atoms with Crippen LogP contribution in [0, 0.1) is 10.1 Å². The first kappa shape index (κ1) is 21.1. The lowest BCUT2D eigenvalue weighted by atomic mass is 10.0. The molecule has 1 N–H and O–H groups in total. The van der Waals surface area contributed by atoms with Crippen molar-refractivity contribution in [2.75, 3.05) is 19.7 Å². The first-order valence-corrected chi connectivity index (χ1v) is 10.0. The van der Waals surface area contributed by atoms with Crippen molar-refractivity contribution in [1.29, 1.82) is 0 Å². The van der Waals surface area contributed by atoms with E-state index < -0.39 is 4.92 Å². The third-order valence-corrected chi connectivity index (χ3v) is 5.21. The van der Waals surface area contributed by atoms with Crippen molar-refractivity contribution in [3.05, 3.63) is 68.7 Å². The molecule has 1 aliphatic rings. The summed E-state index contributed by atoms with van der Waals surface area (Å²) in [5.74, 6) is -0.128. The fourth-order valence-corrected chi connectivity index (χ4v) is 3.56. The van der Waals surface area contributed by atoms with E-state index in [9.17, 15) is 14.9 Å². The molecular weight excluding hydrogens is 394 g/mol. The van der Waals surface area contributed by atoms with Gasteiger partial charge in [-0.1, -0.05) is 23.7 Å². The van der Waals surface area contributed by atoms with E-state index in [2.05, 4.69) is 10.2 Å². The number of nitro benzene ring substituents is 1. The van der Waals surface area contributed by atoms with Gasteiger partial charge in [0.15, 0.2) is 5.75 Å². The number of halogens is 1. The van der Waals surface area contributed by atoms with Crippen LogP contribution in [-0.2, 0) is 6.54 Å². The van der Waals surface area contributed by atoms with Gasteiger partial charge in [-0.2, -0.15) is 0 Å². The molecule has 7 nitrogen and oxygen atoms in total. The van der Waals surface area contributed by atoms with Crippen molar-refractivity contribution >= 4 is 23.2 Å². The Morgan fingerprint density at radius 2 is 1.93 bits per heavy atom. The smallest absolute Gasteiger partial charge is 0.311 e. The van der Waals surface area contributed by atoms with Gasteiger partial charge in [-0.15, -0.1) is 0 Å². The zero-order valence-electron chi connectivity index (χ0n) is 16.3. The number of hydrogen-bond acceptors (Lipinski definition) is 5. The van der Waals surface area contributed by atoms with Crippen molar-refractivity contribution in [2.45, 2.75) is 32.4 Å². The summed E-state index contributed by atoms with van der Waals surface area (Å²) in [6.45, 7) is 4.67. The Kier molecular flexibility index (Phi) is 7.06. The van der Waals surface area contributed by atoms with Crippen molar-refractivity contribution in [1.82, 2.24) is 10.2 Å². The van der Waals surface area contributed by atoms with Crippen LogP contribution >= 0.6 is 11.6 Å². The molecule has 0 aliphatic carbocycles. The fraction of sp³-hybridized carbons (Fsp3) is 0.381. The maximum atomic E-state index is 12.6. The van der Waals surface area contributed by atoms with Crippen LogP contribution in [0.1, 0.15) is 35.7 Å². The molecule has 0 radical (unpaired) electrons. The van der Waals surface area contributed by atoms with E-state index in [4.69, 9.17) is 16.3 Å². The summed E-state index contributed by atoms with van der Waals surface area (Å²) in [6, 6.07) is 12.2. The Balaban J connectivity index is 1.54. The topological polar surface area (TPSA) is 84.7 Å². The Morgan fingerprint density at radius 3 is 2.55 bits per heavy atom. The third kappa shape index (κ3) is 5.68. The van der Waals surface area contributed by atoms with Gasteiger partial charge < -0.3 is 10.1 Å². The molecule has 0 unspecified atom stereocenters. The SMILES string of the molecule is CCOc1ccc(C(=O)NC2CCN(Cc3ccc(Cl)cc3)CC2)cc1[N+](=O)[O-]. The summed E-state index contributed by atoms with van der Waals surface area (Å²) < 4.78 is 5.26. The van der Waals surface area contributed by atoms with E-state index in [-0.39, 0.29) is 28.9 Å². The van der Waals surface area contributed by atoms with Crippen LogP contribution in [0.15, 0.2) is 42.5 Å². The highest BCUT2D eigenvalue weighted by atomic mass is 35.5. The normalized spacial score (nSPS) is 15.1. The highest BCUT2D eigenvalue weighted by Crippen LogP contribution is 2.28. The van der Waals surface area contributed by atoms with E-state index in [1.807, 2.05) is 24.3 Å². The summed E-state index contributed by atoms with van der Waals surface area (Å²) in [4.78, 5) is 25.6. The lowest BCUT2D eigenvalue weighted by Gasteiger charge is -2.32. The van der Waals surface area contributed by atoms with E-state index in [1.54, 1.807) is 13.0 Å². The van der Waals surface area contributed by atoms with Crippen LogP contribution in [0.25, 0.3) is 0 Å². The highest BCUT2D eigenvalue weighted by molar-refractivity contribution is 6.30. The Bertz CT molecular complexity index is 865. The number of carbonyl (C=O) groups excluding carboxylic acids is 1. The number of nitro groups is 1. The average Bonchev–Trinajstić information content (AvgIpc) is 2.71. The number of nitrogens with one attached hydrogen (secondary N) is 1. The van der Waals surface area contributed by atoms with Crippen molar-refractivity contribution < 1.29 is 14.5 Å². The van der Waals surface area contributed by atoms with Crippen LogP contribution in [0.3, 0.4) is 0 Å². The van der Waals surface area contributed by atoms with Crippen LogP contribution in [-0.4, -0.2) is 41.5 Å². The molecule has 0 bridgehead atoms. The molecule has 1 amide bonds. The number of rotatable bonds is 7. The average molecular weight is 418 g/mol. The van der Waals surface area contributed by atoms with Gasteiger partial charge in [0.25, 0.3) is 5.91 Å². The molecule has 0 spiro atoms. The molecule has 1 saturated heterocycles. The van der Waals surface area contributed by atoms with E-state index in [0.717, 1.165) is 37.5 Å². The third-order valence-electron chi connectivity index (χ3n) is 4.96. The number of carbonyl (C=O) groups is 1. The maximum absolute atomic E-state index is 12.6. The first-order chi connectivity index (χ1) is 14.0. The van der Waals surface area contributed by atoms with Gasteiger partial charge in [-0.05, 0) is 49.6 Å². The number of nitrogens with zero attached hydrogens (tertiary/aromatic N) is 2. The number of likely N-dealkylation sites (tertiary alicyclic amines) is 1. The van der Waals surface area contributed by atoms with E-state index in [0.29, 0.717) is 6.61 Å². The van der Waals surface area contributed by atoms with Gasteiger partial charge in [-0.3, -0.25) is 19.8 Å². The van der Waals surface area contributed by atoms with Crippen LogP contribution in [0.5, 0.6) is 5.75 Å². The maximum Gasteiger partial charge on any atom is 0.311 e. The van der Waals surface area contributed by atoms with Gasteiger partial charge >= 0.3 is 5.69 Å². The van der Waals surface area contributed by atoms with Crippen molar-refractivity contribution in [2.24, 2.45) is 0 Å². The minimum absolute atomic E-state index is 0.0505. The zero-order chi connectivity index (χ0) is 20.8. The molecule has 0 aromatic heterocycles. The molecule has 154 valence electrons. The van der Waals surface area contributed by atoms with Crippen LogP contribution < -0.4 is 10.1 Å². The standard InChI is InChI=1S/C21H24ClN3O4/c1-2-29-20-8-5-16(13-19(20)25(27)28)21(26)23-18-9-11-24(12-10-18)14-15-3-6-17(22)7-4-15/h3-8,13,18H,2,9-12,14H2,1H3,(H,23,26). The van der Waals surface area contributed by atoms with Crippen LogP contribution in [0.2, 0.25) is 5.02 Å². The summed E-state index contributed by atoms with van der Waals surface area (Å²) in [5.41, 5.74) is 1.28. The second-order valence-corrected chi connectivity index (χ2v) is 7.46. The molecule has 1 aliphatic heterocycles. The predicted octanol–water partition coefficient (Wildman–Crippen LogP) is 4.04. The lowest BCUT2D eigenvalue weighted by molar-refractivity contribution is -0.385. The number of amides is 1. The summed E-state index contributed by atoms with van der Waals surface area (Å²) in [7, 11) is 0. The monoisotopic (exact) mass is 417 g/mol. The zero-order valence-corrected chi connectivity index (χ0v) is 17.0. The Hall–Kier alpha value is -2.64. The van der Waals surface area contributed by atoms with Crippen molar-refractivity contribution in [3.63, 3.8) is 0 Å². The van der Waals surface area contributed by atoms with Crippen molar-refractivity contribution in [3.8, 4) is 5.75 Å². The largest absolute Gasteiger partial charge is 0.487 e. The number of hydrogen-bond donors (Lipinski definition) is 1. The lowest BCUT2D eigenvalue weighted by Crippen LogP contribution is -2.44. The number of ether oxygens (including phenoxy) is 1. The summed E-state index contributed by atoms with van der Waals surface area (Å²) in [6.07, 6.45) is 1.66. The van der Waals surface area contributed by atoms with Gasteiger partial charge in [0.2, 0.25) is 0 Å². The summed E-state index contributed by atoms with van der Waals surface area (Å²) in [5, 5.41) is 15.0. The molecule has 0 saturated carbocycles. The Morgan fingerprint density at radius 1 is 1.24 bits per heavy atom. The van der Waals surface area contributed by atoms with Crippen LogP contribution in [0.4, 0.5) is 5.69 Å². The molecule has 1 fully saturated rings. The van der Waals surface area contributed by atoms with Gasteiger partial charge in [0.05, 0.1) is 11.5 Å². The first-order valence-electron chi connectivity index (χ1n) is 9.65. The molecule has 0 atom stereocenters. The predicted molar refractivity (Wildman–Crippen MR) is 111 cm³/mol. The quantitative estimate of drug-likeness (QED) is 0.542. The summed E-state index contributed by atoms with van der Waals surface area (Å²) >= 11 is 5.93. The van der Waals surface area contributed by atoms with E-state index >= 15 is 0 Å². The molecular formula is C21H24ClN3O4. The molecule has 1 heterocycles. The number of piperidine rings is 1. The van der Waals surface area contributed by atoms with Gasteiger partial charge in [-0.25, -0.2) is 0 Å². The molecule has 2 aromatic carbocycles. The Labute approximate surface area is 174 Å². The molecule has 2 aromatic rings. The fourth-order valence-electron chi connectivity index (χ4n) is 3.43. The van der Waals surface area contributed by atoms with Gasteiger partial charge in [0.1, 0.15) is 0 Å².